The van der Waals surface area contributed by atoms with Gasteiger partial charge in [0.25, 0.3) is 0 Å². The summed E-state index contributed by atoms with van der Waals surface area (Å²) in [5.41, 5.74) is 3.85. The number of pyridine rings is 1. The lowest BCUT2D eigenvalue weighted by atomic mass is 10.0. The van der Waals surface area contributed by atoms with Crippen LogP contribution in [0.15, 0.2) is 55.0 Å². The number of rotatable bonds is 4. The average molecular weight is 479 g/mol. The van der Waals surface area contributed by atoms with E-state index >= 15 is 0 Å². The van der Waals surface area contributed by atoms with E-state index in [0.29, 0.717) is 11.2 Å². The van der Waals surface area contributed by atoms with Gasteiger partial charge in [0, 0.05) is 42.9 Å². The molecule has 34 heavy (non-hydrogen) atoms. The van der Waals surface area contributed by atoms with Crippen molar-refractivity contribution in [3.05, 3.63) is 72.2 Å². The Kier molecular flexibility index (Phi) is 5.57. The molecule has 0 amide bonds. The van der Waals surface area contributed by atoms with Gasteiger partial charge in [-0.25, -0.2) is 18.3 Å². The van der Waals surface area contributed by atoms with Gasteiger partial charge in [-0.15, -0.1) is 0 Å². The number of benzene rings is 1. The van der Waals surface area contributed by atoms with Crippen LogP contribution in [0.4, 0.5) is 20.3 Å². The van der Waals surface area contributed by atoms with Crippen molar-refractivity contribution < 1.29 is 8.78 Å². The zero-order valence-corrected chi connectivity index (χ0v) is 19.4. The van der Waals surface area contributed by atoms with E-state index in [-0.39, 0.29) is 11.9 Å². The highest BCUT2D eigenvalue weighted by atomic mass is 32.2. The average Bonchev–Trinajstić information content (AvgIpc) is 3.53. The summed E-state index contributed by atoms with van der Waals surface area (Å²) < 4.78 is 30.1. The molecule has 3 aromatic heterocycles. The Labute approximate surface area is 200 Å². The minimum atomic E-state index is -0.428. The summed E-state index contributed by atoms with van der Waals surface area (Å²) in [5.74, 6) is 2.19. The van der Waals surface area contributed by atoms with E-state index in [4.69, 9.17) is 9.97 Å². The largest absolute Gasteiger partial charge is 0.369 e. The molecule has 0 aliphatic carbocycles. The molecule has 1 aromatic carbocycles. The van der Waals surface area contributed by atoms with Gasteiger partial charge in [0.1, 0.15) is 17.5 Å². The van der Waals surface area contributed by atoms with Crippen LogP contribution < -0.4 is 9.80 Å². The zero-order valence-electron chi connectivity index (χ0n) is 18.6. The first-order chi connectivity index (χ1) is 16.7. The lowest BCUT2D eigenvalue weighted by molar-refractivity contribution is 0.560. The van der Waals surface area contributed by atoms with Gasteiger partial charge in [0.15, 0.2) is 5.65 Å². The number of hydrogen-bond donors (Lipinski definition) is 0. The monoisotopic (exact) mass is 478 g/mol. The molecular weight excluding hydrogens is 454 g/mol. The normalized spacial score (nSPS) is 18.7. The van der Waals surface area contributed by atoms with Crippen molar-refractivity contribution in [1.82, 2.24) is 19.6 Å². The zero-order chi connectivity index (χ0) is 23.1. The summed E-state index contributed by atoms with van der Waals surface area (Å²) >= 11 is 1.98. The number of hydrogen-bond acceptors (Lipinski definition) is 6. The number of anilines is 2. The van der Waals surface area contributed by atoms with Gasteiger partial charge in [-0.2, -0.15) is 16.9 Å². The molecule has 6 rings (SSSR count). The van der Waals surface area contributed by atoms with E-state index in [0.717, 1.165) is 72.8 Å². The minimum Gasteiger partial charge on any atom is -0.369 e. The van der Waals surface area contributed by atoms with Gasteiger partial charge in [-0.05, 0) is 49.2 Å². The third-order valence-corrected chi connectivity index (χ3v) is 7.56. The molecule has 5 heterocycles. The van der Waals surface area contributed by atoms with Gasteiger partial charge in [0.2, 0.25) is 0 Å². The lowest BCUT2D eigenvalue weighted by Crippen LogP contribution is -2.32. The molecule has 0 spiro atoms. The molecule has 0 bridgehead atoms. The van der Waals surface area contributed by atoms with Crippen LogP contribution in [0.3, 0.4) is 0 Å². The Hall–Kier alpha value is -3.20. The van der Waals surface area contributed by atoms with Crippen molar-refractivity contribution in [1.29, 1.82) is 0 Å². The van der Waals surface area contributed by atoms with Crippen molar-refractivity contribution in [2.24, 2.45) is 0 Å². The van der Waals surface area contributed by atoms with E-state index in [1.165, 1.54) is 12.1 Å². The highest BCUT2D eigenvalue weighted by Crippen LogP contribution is 2.37. The molecule has 9 heteroatoms. The van der Waals surface area contributed by atoms with E-state index in [1.54, 1.807) is 10.7 Å². The van der Waals surface area contributed by atoms with Crippen molar-refractivity contribution in [2.75, 3.05) is 40.9 Å². The van der Waals surface area contributed by atoms with E-state index in [1.807, 2.05) is 36.3 Å². The first-order valence-electron chi connectivity index (χ1n) is 11.5. The third kappa shape index (κ3) is 3.87. The standard InChI is InChI=1S/C25H24F2N6S/c26-17-3-5-21(27)19(14-17)23-2-1-8-32(23)24-7-9-33-25(30-24)20(16-29-33)22-6-4-18(15-28-22)31-10-12-34-13-11-31/h3-7,9,14-16,23H,1-2,8,10-13H2. The smallest absolute Gasteiger partial charge is 0.166 e. The second-order valence-corrected chi connectivity index (χ2v) is 9.86. The summed E-state index contributed by atoms with van der Waals surface area (Å²) in [5, 5.41) is 4.45. The number of thioether (sulfide) groups is 1. The van der Waals surface area contributed by atoms with Crippen LogP contribution in [-0.2, 0) is 0 Å². The molecule has 1 unspecified atom stereocenters. The maximum Gasteiger partial charge on any atom is 0.166 e. The fourth-order valence-electron chi connectivity index (χ4n) is 4.89. The fourth-order valence-corrected chi connectivity index (χ4v) is 5.79. The Morgan fingerprint density at radius 1 is 0.971 bits per heavy atom. The van der Waals surface area contributed by atoms with Crippen LogP contribution in [-0.4, -0.2) is 50.7 Å². The summed E-state index contributed by atoms with van der Waals surface area (Å²) in [6.07, 6.45) is 7.19. The molecular formula is C25H24F2N6S. The quantitative estimate of drug-likeness (QED) is 0.413. The van der Waals surface area contributed by atoms with Gasteiger partial charge in [-0.1, -0.05) is 0 Å². The van der Waals surface area contributed by atoms with Gasteiger partial charge in [0.05, 0.1) is 35.4 Å². The van der Waals surface area contributed by atoms with Crippen LogP contribution in [0.1, 0.15) is 24.4 Å². The Balaban J connectivity index is 1.33. The number of aromatic nitrogens is 4. The lowest BCUT2D eigenvalue weighted by Gasteiger charge is -2.28. The molecule has 2 aliphatic rings. The fraction of sp³-hybridized carbons (Fsp3) is 0.320. The maximum atomic E-state index is 14.5. The molecule has 1 atom stereocenters. The van der Waals surface area contributed by atoms with Crippen molar-refractivity contribution in [2.45, 2.75) is 18.9 Å². The number of halogens is 2. The Morgan fingerprint density at radius 2 is 1.85 bits per heavy atom. The summed E-state index contributed by atoms with van der Waals surface area (Å²) in [6.45, 7) is 2.81. The first-order valence-corrected chi connectivity index (χ1v) is 12.7. The van der Waals surface area contributed by atoms with Crippen LogP contribution in [0, 0.1) is 11.6 Å². The Bertz CT molecular complexity index is 1320. The molecule has 0 N–H and O–H groups in total. The van der Waals surface area contributed by atoms with E-state index in [2.05, 4.69) is 21.0 Å². The van der Waals surface area contributed by atoms with E-state index in [9.17, 15) is 8.78 Å². The molecule has 4 aromatic rings. The number of fused-ring (bicyclic) bond motifs is 1. The first kappa shape index (κ1) is 21.3. The molecule has 0 radical (unpaired) electrons. The molecule has 174 valence electrons. The van der Waals surface area contributed by atoms with Crippen LogP contribution in [0.5, 0.6) is 0 Å². The van der Waals surface area contributed by atoms with Gasteiger partial charge < -0.3 is 9.80 Å². The van der Waals surface area contributed by atoms with Crippen molar-refractivity contribution >= 4 is 28.9 Å². The molecule has 2 aliphatic heterocycles. The minimum absolute atomic E-state index is 0.253. The Morgan fingerprint density at radius 3 is 2.68 bits per heavy atom. The van der Waals surface area contributed by atoms with Gasteiger partial charge >= 0.3 is 0 Å². The second-order valence-electron chi connectivity index (χ2n) is 8.63. The van der Waals surface area contributed by atoms with Crippen molar-refractivity contribution in [3.63, 3.8) is 0 Å². The SMILES string of the molecule is Fc1ccc(F)c(C2CCCN2c2ccn3ncc(-c4ccc(N5CCSCC5)cn4)c3n2)c1. The van der Waals surface area contributed by atoms with E-state index < -0.39 is 5.82 Å². The van der Waals surface area contributed by atoms with Crippen molar-refractivity contribution in [3.8, 4) is 11.3 Å². The van der Waals surface area contributed by atoms with Crippen LogP contribution in [0.25, 0.3) is 16.9 Å². The second kappa shape index (κ2) is 8.87. The topological polar surface area (TPSA) is 49.6 Å². The summed E-state index contributed by atoms with van der Waals surface area (Å²) in [6, 6.07) is 9.40. The third-order valence-electron chi connectivity index (χ3n) is 6.62. The predicted molar refractivity (Wildman–Crippen MR) is 131 cm³/mol. The summed E-state index contributed by atoms with van der Waals surface area (Å²) in [4.78, 5) is 14.0. The molecule has 2 fully saturated rings. The highest BCUT2D eigenvalue weighted by molar-refractivity contribution is 7.99. The predicted octanol–water partition coefficient (Wildman–Crippen LogP) is 4.96. The maximum absolute atomic E-state index is 14.5. The molecule has 6 nitrogen and oxygen atoms in total. The summed E-state index contributed by atoms with van der Waals surface area (Å²) in [7, 11) is 0. The molecule has 2 saturated heterocycles. The highest BCUT2D eigenvalue weighted by Gasteiger charge is 2.30. The van der Waals surface area contributed by atoms with Gasteiger partial charge in [-0.3, -0.25) is 4.98 Å². The number of nitrogens with zero attached hydrogens (tertiary/aromatic N) is 6. The molecule has 0 saturated carbocycles. The van der Waals surface area contributed by atoms with Crippen LogP contribution >= 0.6 is 11.8 Å². The van der Waals surface area contributed by atoms with Crippen LogP contribution in [0.2, 0.25) is 0 Å².